The number of pyridine rings is 1. The van der Waals surface area contributed by atoms with Gasteiger partial charge in [-0.15, -0.1) is 0 Å². The van der Waals surface area contributed by atoms with E-state index in [2.05, 4.69) is 22.2 Å². The largest absolute Gasteiger partial charge is 0.385 e. The molecule has 1 aromatic rings. The monoisotopic (exact) mass is 265 g/mol. The minimum absolute atomic E-state index is 0.493. The van der Waals surface area contributed by atoms with Gasteiger partial charge in [0.2, 0.25) is 0 Å². The summed E-state index contributed by atoms with van der Waals surface area (Å²) in [6.45, 7) is 3.59. The van der Waals surface area contributed by atoms with E-state index < -0.39 is 0 Å². The molecule has 5 heteroatoms. The minimum Gasteiger partial charge on any atom is -0.385 e. The van der Waals surface area contributed by atoms with Crippen LogP contribution < -0.4 is 5.32 Å². The van der Waals surface area contributed by atoms with Crippen LogP contribution in [0.2, 0.25) is 0 Å². The van der Waals surface area contributed by atoms with E-state index in [1.165, 1.54) is 11.1 Å². The zero-order valence-corrected chi connectivity index (χ0v) is 11.7. The van der Waals surface area contributed by atoms with Gasteiger partial charge in [0.25, 0.3) is 0 Å². The molecule has 4 nitrogen and oxygen atoms in total. The van der Waals surface area contributed by atoms with E-state index in [1.807, 2.05) is 18.5 Å². The molecule has 1 N–H and O–H groups in total. The second-order valence-electron chi connectivity index (χ2n) is 4.36. The summed E-state index contributed by atoms with van der Waals surface area (Å²) in [7, 11) is 1.74. The Labute approximate surface area is 112 Å². The van der Waals surface area contributed by atoms with Gasteiger partial charge in [0, 0.05) is 37.9 Å². The first kappa shape index (κ1) is 13.4. The molecule has 0 bridgehead atoms. The maximum atomic E-state index is 5.09. The summed E-state index contributed by atoms with van der Waals surface area (Å²) in [5, 5.41) is 4.48. The normalized spacial score (nSPS) is 21.2. The van der Waals surface area contributed by atoms with Crippen LogP contribution in [0.25, 0.3) is 0 Å². The molecule has 1 unspecified atom stereocenters. The van der Waals surface area contributed by atoms with E-state index in [9.17, 15) is 0 Å². The number of methoxy groups -OCH3 is 1. The Morgan fingerprint density at radius 2 is 2.50 bits per heavy atom. The average molecular weight is 265 g/mol. The van der Waals surface area contributed by atoms with Crippen molar-refractivity contribution in [2.75, 3.05) is 19.5 Å². The van der Waals surface area contributed by atoms with Crippen molar-refractivity contribution in [1.29, 1.82) is 0 Å². The van der Waals surface area contributed by atoms with Crippen LogP contribution in [0, 0.1) is 6.92 Å². The third-order valence-electron chi connectivity index (χ3n) is 2.95. The molecule has 0 saturated carbocycles. The maximum absolute atomic E-state index is 5.09. The Bertz CT molecular complexity index is 422. The van der Waals surface area contributed by atoms with E-state index in [4.69, 9.17) is 4.74 Å². The van der Waals surface area contributed by atoms with Crippen LogP contribution >= 0.6 is 11.8 Å². The number of nitrogens with zero attached hydrogens (tertiary/aromatic N) is 2. The zero-order valence-electron chi connectivity index (χ0n) is 10.8. The topological polar surface area (TPSA) is 46.5 Å². The van der Waals surface area contributed by atoms with Gasteiger partial charge in [-0.05, 0) is 30.5 Å². The minimum atomic E-state index is 0.493. The first-order chi connectivity index (χ1) is 8.79. The molecule has 2 heterocycles. The first-order valence-corrected chi connectivity index (χ1v) is 7.10. The Morgan fingerprint density at radius 3 is 3.28 bits per heavy atom. The predicted octanol–water partition coefficient (Wildman–Crippen LogP) is 1.99. The third kappa shape index (κ3) is 3.71. The predicted molar refractivity (Wildman–Crippen MR) is 76.0 cm³/mol. The van der Waals surface area contributed by atoms with E-state index >= 15 is 0 Å². The van der Waals surface area contributed by atoms with Crippen LogP contribution in [-0.2, 0) is 11.3 Å². The van der Waals surface area contributed by atoms with Gasteiger partial charge in [-0.25, -0.2) is 0 Å². The smallest absolute Gasteiger partial charge is 0.157 e. The van der Waals surface area contributed by atoms with E-state index in [0.29, 0.717) is 6.04 Å². The van der Waals surface area contributed by atoms with E-state index in [1.54, 1.807) is 18.9 Å². The van der Waals surface area contributed by atoms with Gasteiger partial charge in [0.1, 0.15) is 0 Å². The number of hydrogen-bond acceptors (Lipinski definition) is 4. The maximum Gasteiger partial charge on any atom is 0.157 e. The standard InChI is InChI=1S/C13H19N3OS/c1-10-7-14-5-3-11(10)8-15-13-16-12(9-18-13)4-6-17-2/h3,5,7,12H,4,6,8-9H2,1-2H3,(H,15,16). The van der Waals surface area contributed by atoms with Crippen LogP contribution in [0.1, 0.15) is 17.5 Å². The molecule has 1 atom stereocenters. The second kappa shape index (κ2) is 6.75. The van der Waals surface area contributed by atoms with Gasteiger partial charge in [-0.1, -0.05) is 11.8 Å². The number of aromatic nitrogens is 1. The number of amidine groups is 1. The highest BCUT2D eigenvalue weighted by Crippen LogP contribution is 2.17. The Hall–Kier alpha value is -1.07. The van der Waals surface area contributed by atoms with Gasteiger partial charge >= 0.3 is 0 Å². The fraction of sp³-hybridized carbons (Fsp3) is 0.538. The molecule has 1 aliphatic rings. The van der Waals surface area contributed by atoms with Crippen molar-refractivity contribution in [2.45, 2.75) is 25.9 Å². The first-order valence-electron chi connectivity index (χ1n) is 6.12. The van der Waals surface area contributed by atoms with Gasteiger partial charge < -0.3 is 10.1 Å². The van der Waals surface area contributed by atoms with Gasteiger partial charge in [-0.3, -0.25) is 9.98 Å². The highest BCUT2D eigenvalue weighted by atomic mass is 32.2. The molecule has 1 saturated heterocycles. The van der Waals surface area contributed by atoms with Crippen molar-refractivity contribution < 1.29 is 4.74 Å². The highest BCUT2D eigenvalue weighted by molar-refractivity contribution is 8.14. The number of ether oxygens (including phenoxy) is 1. The lowest BCUT2D eigenvalue weighted by molar-refractivity contribution is 0.188. The molecule has 2 rings (SSSR count). The zero-order chi connectivity index (χ0) is 12.8. The summed E-state index contributed by atoms with van der Waals surface area (Å²) < 4.78 is 5.09. The van der Waals surface area contributed by atoms with Gasteiger partial charge in [0.05, 0.1) is 6.54 Å². The van der Waals surface area contributed by atoms with Crippen molar-refractivity contribution in [3.8, 4) is 0 Å². The molecule has 0 amide bonds. The average Bonchev–Trinajstić information content (AvgIpc) is 2.83. The van der Waals surface area contributed by atoms with Gasteiger partial charge in [0.15, 0.2) is 5.17 Å². The van der Waals surface area contributed by atoms with Crippen LogP contribution in [-0.4, -0.2) is 35.7 Å². The van der Waals surface area contributed by atoms with Crippen molar-refractivity contribution in [3.05, 3.63) is 29.6 Å². The number of rotatable bonds is 5. The van der Waals surface area contributed by atoms with Crippen LogP contribution in [0.3, 0.4) is 0 Å². The summed E-state index contributed by atoms with van der Waals surface area (Å²) >= 11 is 1.79. The Balaban J connectivity index is 1.86. The molecule has 0 aliphatic carbocycles. The van der Waals surface area contributed by atoms with E-state index in [-0.39, 0.29) is 0 Å². The summed E-state index contributed by atoms with van der Waals surface area (Å²) in [5.74, 6) is 1.08. The van der Waals surface area contributed by atoms with Crippen molar-refractivity contribution >= 4 is 16.9 Å². The van der Waals surface area contributed by atoms with Crippen LogP contribution in [0.4, 0.5) is 0 Å². The van der Waals surface area contributed by atoms with Crippen molar-refractivity contribution in [3.63, 3.8) is 0 Å². The van der Waals surface area contributed by atoms with Crippen LogP contribution in [0.15, 0.2) is 23.5 Å². The number of aryl methyl sites for hydroxylation is 1. The fourth-order valence-corrected chi connectivity index (χ4v) is 2.80. The molecule has 1 aromatic heterocycles. The van der Waals surface area contributed by atoms with Gasteiger partial charge in [-0.2, -0.15) is 0 Å². The summed E-state index contributed by atoms with van der Waals surface area (Å²) in [6.07, 6.45) is 4.74. The number of hydrogen-bond donors (Lipinski definition) is 1. The molecule has 0 aromatic carbocycles. The molecule has 18 heavy (non-hydrogen) atoms. The SMILES string of the molecule is COCCC1CSC(=NCc2ccncc2C)N1. The third-order valence-corrected chi connectivity index (χ3v) is 4.04. The molecular weight excluding hydrogens is 246 g/mol. The van der Waals surface area contributed by atoms with Crippen LogP contribution in [0.5, 0.6) is 0 Å². The molecular formula is C13H19N3OS. The Morgan fingerprint density at radius 1 is 1.61 bits per heavy atom. The summed E-state index contributed by atoms with van der Waals surface area (Å²) in [6, 6.07) is 2.52. The molecule has 0 spiro atoms. The molecule has 1 fully saturated rings. The lowest BCUT2D eigenvalue weighted by Gasteiger charge is -2.08. The quantitative estimate of drug-likeness (QED) is 0.884. The number of nitrogens with one attached hydrogen (secondary N) is 1. The lowest BCUT2D eigenvalue weighted by atomic mass is 10.2. The van der Waals surface area contributed by atoms with Crippen molar-refractivity contribution in [2.24, 2.45) is 4.99 Å². The molecule has 0 radical (unpaired) electrons. The summed E-state index contributed by atoms with van der Waals surface area (Å²) in [5.41, 5.74) is 2.43. The number of thioether (sulfide) groups is 1. The fourth-order valence-electron chi connectivity index (χ4n) is 1.78. The lowest BCUT2D eigenvalue weighted by Crippen LogP contribution is -2.28. The Kier molecular flexibility index (Phi) is 5.01. The summed E-state index contributed by atoms with van der Waals surface area (Å²) in [4.78, 5) is 8.70. The molecule has 1 aliphatic heterocycles. The molecule has 98 valence electrons. The van der Waals surface area contributed by atoms with Crippen molar-refractivity contribution in [1.82, 2.24) is 10.3 Å². The number of aliphatic imine (C=N–C) groups is 1. The second-order valence-corrected chi connectivity index (χ2v) is 5.37. The highest BCUT2D eigenvalue weighted by Gasteiger charge is 2.19. The van der Waals surface area contributed by atoms with E-state index in [0.717, 1.165) is 30.5 Å².